The summed E-state index contributed by atoms with van der Waals surface area (Å²) >= 11 is 1.55. The van der Waals surface area contributed by atoms with Crippen LogP contribution < -0.4 is 9.46 Å². The monoisotopic (exact) mass is 608 g/mol. The number of hydrogen-bond donors (Lipinski definition) is 2. The van der Waals surface area contributed by atoms with Gasteiger partial charge in [-0.3, -0.25) is 4.79 Å². The van der Waals surface area contributed by atoms with Gasteiger partial charge in [-0.25, -0.2) is 18.1 Å². The molecular formula is C31H36N4O5S2. The van der Waals surface area contributed by atoms with Gasteiger partial charge in [-0.2, -0.15) is 5.26 Å². The minimum absolute atomic E-state index is 0.0199. The lowest BCUT2D eigenvalue weighted by Gasteiger charge is -2.31. The van der Waals surface area contributed by atoms with Gasteiger partial charge in [-0.1, -0.05) is 18.2 Å². The molecule has 1 aliphatic heterocycles. The van der Waals surface area contributed by atoms with Gasteiger partial charge in [0, 0.05) is 30.8 Å². The van der Waals surface area contributed by atoms with Crippen LogP contribution in [0.4, 0.5) is 0 Å². The molecule has 0 bridgehead atoms. The molecule has 222 valence electrons. The van der Waals surface area contributed by atoms with Crippen molar-refractivity contribution in [2.24, 2.45) is 5.92 Å². The van der Waals surface area contributed by atoms with E-state index < -0.39 is 16.0 Å². The molecule has 1 fully saturated rings. The number of nitrogens with one attached hydrogen (secondary N) is 1. The average Bonchev–Trinajstić information content (AvgIpc) is 3.60. The van der Waals surface area contributed by atoms with Gasteiger partial charge >= 0.3 is 5.97 Å². The van der Waals surface area contributed by atoms with Crippen LogP contribution in [0.15, 0.2) is 42.6 Å². The van der Waals surface area contributed by atoms with E-state index in [1.54, 1.807) is 17.4 Å². The van der Waals surface area contributed by atoms with Gasteiger partial charge in [-0.05, 0) is 93.4 Å². The van der Waals surface area contributed by atoms with Gasteiger partial charge in [0.25, 0.3) is 0 Å². The molecule has 42 heavy (non-hydrogen) atoms. The number of piperidine rings is 1. The molecule has 2 heterocycles. The summed E-state index contributed by atoms with van der Waals surface area (Å²) in [6.45, 7) is 5.75. The van der Waals surface area contributed by atoms with Gasteiger partial charge in [0.05, 0.1) is 22.3 Å². The second-order valence-corrected chi connectivity index (χ2v) is 14.2. The maximum atomic E-state index is 13.0. The van der Waals surface area contributed by atoms with Crippen LogP contribution in [0.2, 0.25) is 0 Å². The number of likely N-dealkylation sites (tertiary alicyclic amines) is 1. The summed E-state index contributed by atoms with van der Waals surface area (Å²) in [7, 11) is -3.50. The third kappa shape index (κ3) is 7.18. The highest BCUT2D eigenvalue weighted by atomic mass is 32.2. The van der Waals surface area contributed by atoms with Gasteiger partial charge in [0.15, 0.2) is 0 Å². The van der Waals surface area contributed by atoms with Crippen LogP contribution in [-0.2, 0) is 21.2 Å². The Balaban J connectivity index is 1.25. The molecule has 11 heteroatoms. The van der Waals surface area contributed by atoms with Crippen LogP contribution in [0.25, 0.3) is 21.0 Å². The number of hydrogen-bond acceptors (Lipinski definition) is 8. The van der Waals surface area contributed by atoms with Crippen LogP contribution in [0, 0.1) is 17.2 Å². The Morgan fingerprint density at radius 1 is 1.24 bits per heavy atom. The number of aromatic nitrogens is 1. The molecule has 9 nitrogen and oxygen atoms in total. The fourth-order valence-corrected chi connectivity index (χ4v) is 8.09. The maximum absolute atomic E-state index is 13.0. The Morgan fingerprint density at radius 3 is 2.74 bits per heavy atom. The van der Waals surface area contributed by atoms with E-state index in [1.165, 1.54) is 0 Å². The zero-order valence-corrected chi connectivity index (χ0v) is 25.5. The molecule has 0 amide bonds. The lowest BCUT2D eigenvalue weighted by Crippen LogP contribution is -2.40. The molecular weight excluding hydrogens is 572 g/mol. The van der Waals surface area contributed by atoms with Crippen molar-refractivity contribution < 1.29 is 23.1 Å². The summed E-state index contributed by atoms with van der Waals surface area (Å²) in [5.74, 6) is -0.0196. The van der Waals surface area contributed by atoms with Crippen LogP contribution in [0.5, 0.6) is 5.75 Å². The fraction of sp³-hybridized carbons (Fsp3) is 0.452. The largest absolute Gasteiger partial charge is 0.490 e. The van der Waals surface area contributed by atoms with Crippen molar-refractivity contribution in [3.63, 3.8) is 0 Å². The molecule has 0 unspecified atom stereocenters. The third-order valence-electron chi connectivity index (χ3n) is 7.92. The van der Waals surface area contributed by atoms with Gasteiger partial charge in [-0.15, -0.1) is 11.3 Å². The average molecular weight is 609 g/mol. The number of nitrogens with zero attached hydrogens (tertiary/aromatic N) is 3. The summed E-state index contributed by atoms with van der Waals surface area (Å²) in [5.41, 5.74) is 4.52. The van der Waals surface area contributed by atoms with E-state index in [1.807, 2.05) is 44.3 Å². The molecule has 0 saturated carbocycles. The van der Waals surface area contributed by atoms with Crippen LogP contribution in [-0.4, -0.2) is 60.9 Å². The summed E-state index contributed by atoms with van der Waals surface area (Å²) in [4.78, 5) is 18.7. The smallest absolute Gasteiger partial charge is 0.303 e. The zero-order valence-electron chi connectivity index (χ0n) is 23.9. The first kappa shape index (κ1) is 30.2. The fourth-order valence-electron chi connectivity index (χ4n) is 5.83. The lowest BCUT2D eigenvalue weighted by molar-refractivity contribution is -0.138. The van der Waals surface area contributed by atoms with Crippen molar-refractivity contribution in [3.8, 4) is 32.8 Å². The summed E-state index contributed by atoms with van der Waals surface area (Å²) in [5, 5.41) is 19.4. The number of rotatable bonds is 11. The van der Waals surface area contributed by atoms with Crippen molar-refractivity contribution in [1.29, 1.82) is 5.26 Å². The highest BCUT2D eigenvalue weighted by molar-refractivity contribution is 7.89. The van der Waals surface area contributed by atoms with E-state index in [0.717, 1.165) is 64.5 Å². The van der Waals surface area contributed by atoms with E-state index in [9.17, 15) is 18.5 Å². The molecule has 0 spiro atoms. The number of ether oxygens (including phenoxy) is 1. The SMILES string of the molecule is CC(C)Oc1ccc(-c2ncc(-c3cccc4c3CC[C@H]4NS(=O)(=O)CCN3CCC(CC(=O)O)CC3)s2)cc1C#N. The van der Waals surface area contributed by atoms with Crippen LogP contribution >= 0.6 is 11.3 Å². The second kappa shape index (κ2) is 12.9. The van der Waals surface area contributed by atoms with Gasteiger partial charge in [0.1, 0.15) is 16.8 Å². The molecule has 1 atom stereocenters. The first-order chi connectivity index (χ1) is 20.1. The van der Waals surface area contributed by atoms with Crippen molar-refractivity contribution in [2.45, 2.75) is 58.1 Å². The van der Waals surface area contributed by atoms with Crippen LogP contribution in [0.3, 0.4) is 0 Å². The number of carboxylic acids is 1. The zero-order chi connectivity index (χ0) is 29.9. The molecule has 2 aromatic carbocycles. The number of aliphatic carboxylic acids is 1. The van der Waals surface area contributed by atoms with E-state index in [2.05, 4.69) is 26.7 Å². The Labute approximate surface area is 251 Å². The molecule has 1 saturated heterocycles. The molecule has 5 rings (SSSR count). The number of sulfonamides is 1. The van der Waals surface area contributed by atoms with Gasteiger partial charge < -0.3 is 14.7 Å². The molecule has 1 aromatic heterocycles. The maximum Gasteiger partial charge on any atom is 0.303 e. The van der Waals surface area contributed by atoms with Gasteiger partial charge in [0.2, 0.25) is 10.0 Å². The molecule has 3 aromatic rings. The van der Waals surface area contributed by atoms with E-state index >= 15 is 0 Å². The standard InChI is InChI=1S/C31H36N4O5S2/c1-20(2)40-28-9-6-22(17-23(28)18-32)31-33-19-29(41-31)26-5-3-4-25-24(26)7-8-27(25)34-42(38,39)15-14-35-12-10-21(11-13-35)16-30(36)37/h3-6,9,17,19-21,27,34H,7-8,10-16H2,1-2H3,(H,36,37)/t27-/m1/s1. The van der Waals surface area contributed by atoms with Crippen molar-refractivity contribution in [2.75, 3.05) is 25.4 Å². The Bertz CT molecular complexity index is 1590. The third-order valence-corrected chi connectivity index (χ3v) is 10.4. The molecule has 2 aliphatic rings. The quantitative estimate of drug-likeness (QED) is 0.303. The van der Waals surface area contributed by atoms with E-state index in [4.69, 9.17) is 9.84 Å². The van der Waals surface area contributed by atoms with E-state index in [0.29, 0.717) is 24.3 Å². The van der Waals surface area contributed by atoms with Crippen molar-refractivity contribution in [1.82, 2.24) is 14.6 Å². The minimum Gasteiger partial charge on any atom is -0.490 e. The number of thiazole rings is 1. The number of nitriles is 1. The highest BCUT2D eigenvalue weighted by Crippen LogP contribution is 2.41. The normalized spacial score (nSPS) is 17.7. The minimum atomic E-state index is -3.50. The highest BCUT2D eigenvalue weighted by Gasteiger charge is 2.30. The molecule has 2 N–H and O–H groups in total. The molecule has 1 aliphatic carbocycles. The number of benzene rings is 2. The first-order valence-electron chi connectivity index (χ1n) is 14.3. The van der Waals surface area contributed by atoms with Crippen molar-refractivity contribution in [3.05, 3.63) is 59.3 Å². The Morgan fingerprint density at radius 2 is 2.02 bits per heavy atom. The number of fused-ring (bicyclic) bond motifs is 1. The second-order valence-electron chi connectivity index (χ2n) is 11.3. The van der Waals surface area contributed by atoms with E-state index in [-0.39, 0.29) is 30.2 Å². The Kier molecular flexibility index (Phi) is 9.28. The predicted octanol–water partition coefficient (Wildman–Crippen LogP) is 5.23. The number of carbonyl (C=O) groups is 1. The number of carboxylic acid groups (broad SMARTS) is 1. The summed E-state index contributed by atoms with van der Waals surface area (Å²) in [6.07, 6.45) is 5.03. The summed E-state index contributed by atoms with van der Waals surface area (Å²) < 4.78 is 34.8. The first-order valence-corrected chi connectivity index (χ1v) is 16.8. The topological polar surface area (TPSA) is 133 Å². The Hall–Kier alpha value is -3.30. The summed E-state index contributed by atoms with van der Waals surface area (Å²) in [6, 6.07) is 13.5. The predicted molar refractivity (Wildman–Crippen MR) is 163 cm³/mol. The molecule has 0 radical (unpaired) electrons. The lowest BCUT2D eigenvalue weighted by atomic mass is 9.94. The van der Waals surface area contributed by atoms with Crippen molar-refractivity contribution >= 4 is 27.3 Å². The van der Waals surface area contributed by atoms with Crippen LogP contribution in [0.1, 0.15) is 62.3 Å².